The van der Waals surface area contributed by atoms with Crippen LogP contribution in [-0.4, -0.2) is 91.0 Å². The number of aromatic nitrogens is 2. The van der Waals surface area contributed by atoms with E-state index in [0.29, 0.717) is 5.69 Å². The number of amides is 4. The minimum Gasteiger partial charge on any atom is -0.481 e. The van der Waals surface area contributed by atoms with Crippen LogP contribution in [0.25, 0.3) is 0 Å². The van der Waals surface area contributed by atoms with Crippen LogP contribution in [0.1, 0.15) is 37.8 Å². The van der Waals surface area contributed by atoms with Crippen LogP contribution in [-0.2, 0) is 40.0 Å². The van der Waals surface area contributed by atoms with Crippen LogP contribution >= 0.6 is 0 Å². The summed E-state index contributed by atoms with van der Waals surface area (Å²) in [7, 11) is 0. The Morgan fingerprint density at radius 3 is 1.84 bits per heavy atom. The third-order valence-electron chi connectivity index (χ3n) is 4.91. The van der Waals surface area contributed by atoms with Crippen molar-refractivity contribution in [3.8, 4) is 0 Å². The van der Waals surface area contributed by atoms with Gasteiger partial charge < -0.3 is 47.7 Å². The van der Waals surface area contributed by atoms with E-state index >= 15 is 0 Å². The lowest BCUT2D eigenvalue weighted by molar-refractivity contribution is -0.143. The molecule has 0 aromatic carbocycles. The minimum absolute atomic E-state index is 0.0126. The number of imidazole rings is 1. The van der Waals surface area contributed by atoms with Gasteiger partial charge in [0.2, 0.25) is 23.6 Å². The van der Waals surface area contributed by atoms with Crippen molar-refractivity contribution in [2.45, 2.75) is 62.7 Å². The first-order valence-electron chi connectivity index (χ1n) is 10.9. The van der Waals surface area contributed by atoms with Gasteiger partial charge in [-0.25, -0.2) is 9.78 Å². The molecule has 17 heteroatoms. The van der Waals surface area contributed by atoms with Gasteiger partial charge in [-0.15, -0.1) is 0 Å². The molecule has 0 aliphatic rings. The van der Waals surface area contributed by atoms with E-state index < -0.39 is 97.8 Å². The summed E-state index contributed by atoms with van der Waals surface area (Å²) in [5.41, 5.74) is 11.5. The normalized spacial score (nSPS) is 13.9. The Kier molecular flexibility index (Phi) is 12.2. The van der Waals surface area contributed by atoms with Gasteiger partial charge in [-0.2, -0.15) is 0 Å². The first kappa shape index (κ1) is 30.5. The van der Waals surface area contributed by atoms with Gasteiger partial charge in [0.25, 0.3) is 0 Å². The maximum absolute atomic E-state index is 12.9. The standard InChI is InChI=1S/C20H29N7O10/c21-10(5-9-7-23-8-24-9)17(33)25-11(1-3-15(29)30)18(34)27-13(6-14(22)28)19(35)26-12(20(36)37)2-4-16(31)32/h7-8,10-13H,1-6,21H2,(H2,22,28)(H,23,24)(H,25,33)(H,26,35)(H,27,34)(H,29,30)(H,31,32)(H,36,37). The fourth-order valence-electron chi connectivity index (χ4n) is 3.02. The summed E-state index contributed by atoms with van der Waals surface area (Å²) < 4.78 is 0. The zero-order valence-electron chi connectivity index (χ0n) is 19.5. The summed E-state index contributed by atoms with van der Waals surface area (Å²) in [5.74, 6) is -8.27. The first-order valence-corrected chi connectivity index (χ1v) is 10.9. The molecule has 17 nitrogen and oxygen atoms in total. The van der Waals surface area contributed by atoms with E-state index in [-0.39, 0.29) is 6.42 Å². The predicted octanol–water partition coefficient (Wildman–Crippen LogP) is -3.58. The van der Waals surface area contributed by atoms with E-state index in [2.05, 4.69) is 20.6 Å². The summed E-state index contributed by atoms with van der Waals surface area (Å²) >= 11 is 0. The molecule has 0 aliphatic heterocycles. The molecule has 1 heterocycles. The van der Waals surface area contributed by atoms with Crippen LogP contribution < -0.4 is 27.4 Å². The van der Waals surface area contributed by atoms with Gasteiger partial charge in [0, 0.05) is 31.2 Å². The van der Waals surface area contributed by atoms with Gasteiger partial charge in [-0.05, 0) is 12.8 Å². The van der Waals surface area contributed by atoms with Crippen molar-refractivity contribution in [2.24, 2.45) is 11.5 Å². The van der Waals surface area contributed by atoms with Crippen molar-refractivity contribution >= 4 is 41.5 Å². The summed E-state index contributed by atoms with van der Waals surface area (Å²) in [6.07, 6.45) is -0.0207. The molecule has 1 rings (SSSR count). The van der Waals surface area contributed by atoms with Gasteiger partial charge in [-0.3, -0.25) is 28.8 Å². The second-order valence-electron chi connectivity index (χ2n) is 7.94. The molecule has 1 aromatic rings. The fourth-order valence-corrected chi connectivity index (χ4v) is 3.02. The molecule has 37 heavy (non-hydrogen) atoms. The number of carbonyl (C=O) groups excluding carboxylic acids is 4. The first-order chi connectivity index (χ1) is 17.3. The smallest absolute Gasteiger partial charge is 0.326 e. The molecular formula is C20H29N7O10. The number of hydrogen-bond acceptors (Lipinski definition) is 9. The third-order valence-corrected chi connectivity index (χ3v) is 4.91. The molecule has 0 saturated heterocycles. The number of nitrogens with one attached hydrogen (secondary N) is 4. The van der Waals surface area contributed by atoms with Gasteiger partial charge in [0.1, 0.15) is 18.1 Å². The summed E-state index contributed by atoms with van der Waals surface area (Å²) in [6, 6.07) is -6.02. The number of carboxylic acid groups (broad SMARTS) is 3. The van der Waals surface area contributed by atoms with Crippen molar-refractivity contribution in [1.82, 2.24) is 25.9 Å². The fraction of sp³-hybridized carbons (Fsp3) is 0.500. The van der Waals surface area contributed by atoms with Crippen molar-refractivity contribution in [2.75, 3.05) is 0 Å². The highest BCUT2D eigenvalue weighted by Crippen LogP contribution is 2.05. The highest BCUT2D eigenvalue weighted by Gasteiger charge is 2.31. The summed E-state index contributed by atoms with van der Waals surface area (Å²) in [5, 5.41) is 33.4. The molecule has 0 radical (unpaired) electrons. The molecule has 0 saturated carbocycles. The molecule has 0 spiro atoms. The number of hydrogen-bond donors (Lipinski definition) is 9. The van der Waals surface area contributed by atoms with Crippen molar-refractivity contribution in [1.29, 1.82) is 0 Å². The van der Waals surface area contributed by atoms with E-state index in [9.17, 15) is 38.7 Å². The third kappa shape index (κ3) is 11.6. The average Bonchev–Trinajstić information content (AvgIpc) is 3.30. The molecule has 0 fully saturated rings. The number of aromatic amines is 1. The zero-order valence-corrected chi connectivity index (χ0v) is 19.5. The van der Waals surface area contributed by atoms with Crippen molar-refractivity contribution in [3.63, 3.8) is 0 Å². The number of nitrogens with two attached hydrogens (primary N) is 2. The number of carboxylic acids is 3. The van der Waals surface area contributed by atoms with Crippen LogP contribution in [0, 0.1) is 0 Å². The summed E-state index contributed by atoms with van der Waals surface area (Å²) in [4.78, 5) is 89.1. The van der Waals surface area contributed by atoms with Crippen LogP contribution in [0.15, 0.2) is 12.5 Å². The number of primary amides is 1. The summed E-state index contributed by atoms with van der Waals surface area (Å²) in [6.45, 7) is 0. The average molecular weight is 527 g/mol. The Hall–Kier alpha value is -4.54. The number of nitrogens with zero attached hydrogens (tertiary/aromatic N) is 1. The van der Waals surface area contributed by atoms with Crippen LogP contribution in [0.4, 0.5) is 0 Å². The maximum Gasteiger partial charge on any atom is 0.326 e. The number of H-pyrrole nitrogens is 1. The minimum atomic E-state index is -1.71. The van der Waals surface area contributed by atoms with Crippen molar-refractivity contribution < 1.29 is 48.9 Å². The second-order valence-corrected chi connectivity index (χ2v) is 7.94. The molecule has 4 unspecified atom stereocenters. The van der Waals surface area contributed by atoms with Gasteiger partial charge in [-0.1, -0.05) is 0 Å². The van der Waals surface area contributed by atoms with E-state index in [4.69, 9.17) is 21.7 Å². The number of rotatable bonds is 17. The van der Waals surface area contributed by atoms with Gasteiger partial charge >= 0.3 is 17.9 Å². The van der Waals surface area contributed by atoms with Gasteiger partial charge in [0.15, 0.2) is 0 Å². The zero-order chi connectivity index (χ0) is 28.1. The van der Waals surface area contributed by atoms with E-state index in [0.717, 1.165) is 0 Å². The SMILES string of the molecule is NC(=O)CC(NC(=O)C(CCC(=O)O)NC(=O)C(N)Cc1cnc[nH]1)C(=O)NC(CCC(=O)O)C(=O)O. The largest absolute Gasteiger partial charge is 0.481 e. The van der Waals surface area contributed by atoms with Crippen LogP contribution in [0.3, 0.4) is 0 Å². The Morgan fingerprint density at radius 1 is 0.838 bits per heavy atom. The Morgan fingerprint density at radius 2 is 1.35 bits per heavy atom. The molecule has 4 amide bonds. The highest BCUT2D eigenvalue weighted by atomic mass is 16.4. The number of aliphatic carboxylic acids is 3. The predicted molar refractivity (Wildman–Crippen MR) is 121 cm³/mol. The lowest BCUT2D eigenvalue weighted by atomic mass is 10.1. The van der Waals surface area contributed by atoms with Crippen LogP contribution in [0.2, 0.25) is 0 Å². The Labute approximate surface area is 209 Å². The monoisotopic (exact) mass is 527 g/mol. The van der Waals surface area contributed by atoms with E-state index in [1.54, 1.807) is 0 Å². The molecule has 204 valence electrons. The molecule has 11 N–H and O–H groups in total. The topological polar surface area (TPSA) is 297 Å². The molecular weight excluding hydrogens is 498 g/mol. The Balaban J connectivity index is 2.98. The number of carbonyl (C=O) groups is 7. The lowest BCUT2D eigenvalue weighted by Gasteiger charge is -2.24. The van der Waals surface area contributed by atoms with E-state index in [1.807, 2.05) is 5.32 Å². The lowest BCUT2D eigenvalue weighted by Crippen LogP contribution is -2.58. The molecule has 1 aromatic heterocycles. The Bertz CT molecular complexity index is 998. The maximum atomic E-state index is 12.9. The van der Waals surface area contributed by atoms with Crippen molar-refractivity contribution in [3.05, 3.63) is 18.2 Å². The second kappa shape index (κ2) is 14.8. The molecule has 4 atom stereocenters. The molecule has 0 aliphatic carbocycles. The quantitative estimate of drug-likeness (QED) is 0.0950. The van der Waals surface area contributed by atoms with E-state index in [1.165, 1.54) is 12.5 Å². The van der Waals surface area contributed by atoms with Gasteiger partial charge in [0.05, 0.1) is 18.8 Å². The van der Waals surface area contributed by atoms with Crippen LogP contribution in [0.5, 0.6) is 0 Å². The molecule has 0 bridgehead atoms. The highest BCUT2D eigenvalue weighted by molar-refractivity contribution is 5.96.